The van der Waals surface area contributed by atoms with Gasteiger partial charge in [0.15, 0.2) is 5.78 Å². The van der Waals surface area contributed by atoms with Gasteiger partial charge in [-0.1, -0.05) is 46.3 Å². The molecule has 0 aromatic heterocycles. The zero-order valence-electron chi connectivity index (χ0n) is 7.93. The Morgan fingerprint density at radius 2 is 2.00 bits per heavy atom. The first-order valence-corrected chi connectivity index (χ1v) is 5.55. The first kappa shape index (κ1) is 11.8. The highest BCUT2D eigenvalue weighted by atomic mass is 79.9. The molecule has 0 saturated heterocycles. The Kier molecular flexibility index (Phi) is 4.42. The molecule has 15 heavy (non-hydrogen) atoms. The van der Waals surface area contributed by atoms with Crippen molar-refractivity contribution in [3.05, 3.63) is 46.0 Å². The topological polar surface area (TPSA) is 60.2 Å². The van der Waals surface area contributed by atoms with Crippen LogP contribution in [-0.2, 0) is 0 Å². The van der Waals surface area contributed by atoms with Crippen LogP contribution in [0.15, 0.2) is 30.3 Å². The summed E-state index contributed by atoms with van der Waals surface area (Å²) in [6.45, 7) is 0. The largest absolute Gasteiger partial charge is 0.294 e. The Bertz CT molecular complexity index is 353. The minimum atomic E-state index is -0.849. The van der Waals surface area contributed by atoms with Crippen LogP contribution < -0.4 is 0 Å². The smallest absolute Gasteiger partial charge is 0.229 e. The SMILES string of the molecule is O=C(CC(CBr)[N+](=O)[O-])c1ccccc1. The van der Waals surface area contributed by atoms with E-state index in [4.69, 9.17) is 0 Å². The van der Waals surface area contributed by atoms with E-state index >= 15 is 0 Å². The predicted molar refractivity (Wildman–Crippen MR) is 60.0 cm³/mol. The molecule has 80 valence electrons. The van der Waals surface area contributed by atoms with Crippen molar-refractivity contribution in [1.82, 2.24) is 0 Å². The average molecular weight is 272 g/mol. The molecule has 0 spiro atoms. The van der Waals surface area contributed by atoms with Crippen LogP contribution in [0.2, 0.25) is 0 Å². The number of hydrogen-bond donors (Lipinski definition) is 0. The fourth-order valence-electron chi connectivity index (χ4n) is 1.14. The minimum absolute atomic E-state index is 0.0672. The zero-order valence-corrected chi connectivity index (χ0v) is 9.51. The first-order valence-electron chi connectivity index (χ1n) is 4.43. The molecular formula is C10H10BrNO3. The highest BCUT2D eigenvalue weighted by Crippen LogP contribution is 2.09. The maximum atomic E-state index is 11.6. The lowest BCUT2D eigenvalue weighted by Crippen LogP contribution is -2.24. The quantitative estimate of drug-likeness (QED) is 0.357. The highest BCUT2D eigenvalue weighted by Gasteiger charge is 2.22. The number of hydrogen-bond acceptors (Lipinski definition) is 3. The van der Waals surface area contributed by atoms with E-state index in [0.717, 1.165) is 0 Å². The number of benzene rings is 1. The summed E-state index contributed by atoms with van der Waals surface area (Å²) in [7, 11) is 0. The lowest BCUT2D eigenvalue weighted by molar-refractivity contribution is -0.514. The van der Waals surface area contributed by atoms with E-state index in [-0.39, 0.29) is 17.5 Å². The number of ketones is 1. The summed E-state index contributed by atoms with van der Waals surface area (Å²) in [5.74, 6) is -0.197. The number of alkyl halides is 1. The van der Waals surface area contributed by atoms with Gasteiger partial charge in [0.2, 0.25) is 6.04 Å². The minimum Gasteiger partial charge on any atom is -0.294 e. The summed E-state index contributed by atoms with van der Waals surface area (Å²) in [6, 6.07) is 7.75. The second kappa shape index (κ2) is 5.60. The Hall–Kier alpha value is -1.23. The van der Waals surface area contributed by atoms with E-state index in [9.17, 15) is 14.9 Å². The van der Waals surface area contributed by atoms with Gasteiger partial charge < -0.3 is 0 Å². The summed E-state index contributed by atoms with van der Waals surface area (Å²) in [4.78, 5) is 21.7. The zero-order chi connectivity index (χ0) is 11.3. The monoisotopic (exact) mass is 271 g/mol. The third-order valence-corrected chi connectivity index (χ3v) is 2.74. The lowest BCUT2D eigenvalue weighted by Gasteiger charge is -2.04. The second-order valence-corrected chi connectivity index (χ2v) is 3.73. The molecule has 0 fully saturated rings. The fourth-order valence-corrected chi connectivity index (χ4v) is 1.61. The molecule has 1 aromatic carbocycles. The van der Waals surface area contributed by atoms with Crippen LogP contribution in [-0.4, -0.2) is 22.1 Å². The molecule has 0 saturated carbocycles. The van der Waals surface area contributed by atoms with Crippen LogP contribution in [0, 0.1) is 10.1 Å². The molecule has 4 nitrogen and oxygen atoms in total. The molecule has 1 atom stereocenters. The van der Waals surface area contributed by atoms with Crippen molar-refractivity contribution in [3.8, 4) is 0 Å². The van der Waals surface area contributed by atoms with Crippen molar-refractivity contribution >= 4 is 21.7 Å². The van der Waals surface area contributed by atoms with E-state index in [1.807, 2.05) is 0 Å². The Labute approximate surface area is 95.6 Å². The summed E-state index contributed by atoms with van der Waals surface area (Å²) in [6.07, 6.45) is -0.0672. The predicted octanol–water partition coefficient (Wildman–Crippen LogP) is 2.30. The third-order valence-electron chi connectivity index (χ3n) is 1.99. The highest BCUT2D eigenvalue weighted by molar-refractivity contribution is 9.09. The Morgan fingerprint density at radius 1 is 1.40 bits per heavy atom. The van der Waals surface area contributed by atoms with Crippen LogP contribution in [0.1, 0.15) is 16.8 Å². The first-order chi connectivity index (χ1) is 7.15. The maximum Gasteiger partial charge on any atom is 0.229 e. The van der Waals surface area contributed by atoms with Gasteiger partial charge in [-0.05, 0) is 0 Å². The summed E-state index contributed by atoms with van der Waals surface area (Å²) < 4.78 is 0. The van der Waals surface area contributed by atoms with E-state index in [0.29, 0.717) is 5.56 Å². The molecule has 5 heteroatoms. The standard InChI is InChI=1S/C10H10BrNO3/c11-7-9(12(14)15)6-10(13)8-4-2-1-3-5-8/h1-5,9H,6-7H2. The van der Waals surface area contributed by atoms with Gasteiger partial charge in [0, 0.05) is 10.5 Å². The summed E-state index contributed by atoms with van der Waals surface area (Å²) >= 11 is 3.02. The molecule has 0 aliphatic heterocycles. The van der Waals surface area contributed by atoms with Gasteiger partial charge in [-0.15, -0.1) is 0 Å². The van der Waals surface area contributed by atoms with Gasteiger partial charge in [0.25, 0.3) is 0 Å². The van der Waals surface area contributed by atoms with Gasteiger partial charge in [0.1, 0.15) is 0 Å². The average Bonchev–Trinajstić information content (AvgIpc) is 2.26. The summed E-state index contributed by atoms with van der Waals surface area (Å²) in [5, 5.41) is 10.7. The molecule has 0 bridgehead atoms. The van der Waals surface area contributed by atoms with Gasteiger partial charge in [-0.3, -0.25) is 14.9 Å². The molecule has 0 radical (unpaired) electrons. The summed E-state index contributed by atoms with van der Waals surface area (Å²) in [5.41, 5.74) is 0.519. The molecule has 0 aliphatic rings. The maximum absolute atomic E-state index is 11.6. The van der Waals surface area contributed by atoms with Gasteiger partial charge in [-0.25, -0.2) is 0 Å². The Morgan fingerprint density at radius 3 is 2.47 bits per heavy atom. The van der Waals surface area contributed by atoms with E-state index in [1.165, 1.54) is 0 Å². The van der Waals surface area contributed by atoms with Crippen LogP contribution in [0.5, 0.6) is 0 Å². The van der Waals surface area contributed by atoms with Crippen molar-refractivity contribution in [2.24, 2.45) is 0 Å². The van der Waals surface area contributed by atoms with Crippen LogP contribution in [0.4, 0.5) is 0 Å². The number of carbonyl (C=O) groups excluding carboxylic acids is 1. The van der Waals surface area contributed by atoms with Crippen LogP contribution in [0.3, 0.4) is 0 Å². The molecule has 0 amide bonds. The number of nitrogens with zero attached hydrogens (tertiary/aromatic N) is 1. The third kappa shape index (κ3) is 3.43. The molecule has 0 heterocycles. The van der Waals surface area contributed by atoms with Crippen molar-refractivity contribution < 1.29 is 9.72 Å². The van der Waals surface area contributed by atoms with Crippen LogP contribution >= 0.6 is 15.9 Å². The van der Waals surface area contributed by atoms with Crippen molar-refractivity contribution in [1.29, 1.82) is 0 Å². The van der Waals surface area contributed by atoms with Gasteiger partial charge >= 0.3 is 0 Å². The number of Topliss-reactive ketones (excluding diaryl/α,β-unsaturated/α-hetero) is 1. The lowest BCUT2D eigenvalue weighted by atomic mass is 10.1. The number of halogens is 1. The van der Waals surface area contributed by atoms with Crippen molar-refractivity contribution in [2.75, 3.05) is 5.33 Å². The molecule has 0 aliphatic carbocycles. The van der Waals surface area contributed by atoms with Gasteiger partial charge in [-0.2, -0.15) is 0 Å². The number of nitro groups is 1. The Balaban J connectivity index is 2.67. The van der Waals surface area contributed by atoms with Crippen LogP contribution in [0.25, 0.3) is 0 Å². The van der Waals surface area contributed by atoms with E-state index in [2.05, 4.69) is 15.9 Å². The number of rotatable bonds is 5. The molecule has 0 N–H and O–H groups in total. The molecule has 1 unspecified atom stereocenters. The van der Waals surface area contributed by atoms with Crippen molar-refractivity contribution in [3.63, 3.8) is 0 Å². The van der Waals surface area contributed by atoms with E-state index in [1.54, 1.807) is 30.3 Å². The van der Waals surface area contributed by atoms with E-state index < -0.39 is 11.0 Å². The molecule has 1 rings (SSSR count). The molecule has 1 aromatic rings. The van der Waals surface area contributed by atoms with Crippen molar-refractivity contribution in [2.45, 2.75) is 12.5 Å². The fraction of sp³-hybridized carbons (Fsp3) is 0.300. The second-order valence-electron chi connectivity index (χ2n) is 3.09. The normalized spacial score (nSPS) is 12.1. The van der Waals surface area contributed by atoms with Gasteiger partial charge in [0.05, 0.1) is 11.8 Å². The molecular weight excluding hydrogens is 262 g/mol. The number of carbonyl (C=O) groups is 1.